The zero-order chi connectivity index (χ0) is 22.0. The summed E-state index contributed by atoms with van der Waals surface area (Å²) in [6.07, 6.45) is 4.08. The van der Waals surface area contributed by atoms with Crippen molar-refractivity contribution < 1.29 is 27.5 Å². The molecule has 0 atom stereocenters. The molecule has 0 aromatic heterocycles. The van der Waals surface area contributed by atoms with Crippen LogP contribution >= 0.6 is 0 Å². The Morgan fingerprint density at radius 1 is 0.933 bits per heavy atom. The van der Waals surface area contributed by atoms with E-state index in [1.54, 1.807) is 48.5 Å². The van der Waals surface area contributed by atoms with E-state index in [4.69, 9.17) is 4.74 Å². The van der Waals surface area contributed by atoms with Gasteiger partial charge in [0.25, 0.3) is 0 Å². The molecule has 0 spiro atoms. The van der Waals surface area contributed by atoms with E-state index >= 15 is 0 Å². The first-order chi connectivity index (χ1) is 14.3. The van der Waals surface area contributed by atoms with E-state index in [0.29, 0.717) is 48.4 Å². The fourth-order valence-electron chi connectivity index (χ4n) is 2.73. The number of ether oxygens (including phenoxy) is 1. The predicted octanol–water partition coefficient (Wildman–Crippen LogP) is 3.44. The van der Waals surface area contributed by atoms with Crippen molar-refractivity contribution in [1.82, 2.24) is 0 Å². The molecule has 30 heavy (non-hydrogen) atoms. The van der Waals surface area contributed by atoms with Gasteiger partial charge in [0.15, 0.2) is 5.78 Å². The number of nitrogens with zero attached hydrogens (tertiary/aromatic N) is 1. The van der Waals surface area contributed by atoms with Gasteiger partial charge in [-0.05, 0) is 61.4 Å². The number of benzene rings is 2. The van der Waals surface area contributed by atoms with Gasteiger partial charge in [-0.15, -0.1) is 0 Å². The molecule has 0 aliphatic rings. The van der Waals surface area contributed by atoms with Crippen LogP contribution in [0.4, 0.5) is 5.69 Å². The van der Waals surface area contributed by atoms with Crippen LogP contribution in [0, 0.1) is 0 Å². The summed E-state index contributed by atoms with van der Waals surface area (Å²) in [5, 5.41) is 0. The van der Waals surface area contributed by atoms with Crippen molar-refractivity contribution in [2.24, 2.45) is 4.99 Å². The first-order valence-electron chi connectivity index (χ1n) is 9.43. The Labute approximate surface area is 175 Å². The summed E-state index contributed by atoms with van der Waals surface area (Å²) in [4.78, 5) is 38.0. The molecule has 0 fully saturated rings. The van der Waals surface area contributed by atoms with Crippen LogP contribution in [0.15, 0.2) is 53.5 Å². The molecular weight excluding hydrogens is 406 g/mol. The highest BCUT2D eigenvalue weighted by molar-refractivity contribution is 7.90. The van der Waals surface area contributed by atoms with Gasteiger partial charge in [0, 0.05) is 30.2 Å². The Morgan fingerprint density at radius 2 is 1.50 bits per heavy atom. The Bertz CT molecular complexity index is 1020. The van der Waals surface area contributed by atoms with Crippen molar-refractivity contribution in [3.63, 3.8) is 0 Å². The number of ketones is 2. The number of carbonyl (C=O) groups excluding carboxylic acids is 3. The first kappa shape index (κ1) is 23.2. The van der Waals surface area contributed by atoms with Crippen LogP contribution in [0.5, 0.6) is 5.75 Å². The smallest absolute Gasteiger partial charge is 0.240 e. The van der Waals surface area contributed by atoms with E-state index in [1.807, 2.05) is 0 Å². The van der Waals surface area contributed by atoms with E-state index in [0.717, 1.165) is 6.26 Å². The minimum atomic E-state index is -3.03. The zero-order valence-corrected chi connectivity index (χ0v) is 17.5. The zero-order valence-electron chi connectivity index (χ0n) is 16.7. The SMILES string of the molecule is CS(=O)(=O)CCCC(=O)CCCOc1ccc(C(=O)c2ccc(N=C=O)cc2)cc1. The summed E-state index contributed by atoms with van der Waals surface area (Å²) in [7, 11) is -3.03. The van der Waals surface area contributed by atoms with Crippen molar-refractivity contribution in [3.8, 4) is 5.75 Å². The Hall–Kier alpha value is -3.09. The average Bonchev–Trinajstić information content (AvgIpc) is 2.71. The van der Waals surface area contributed by atoms with Crippen LogP contribution < -0.4 is 4.74 Å². The van der Waals surface area contributed by atoms with Gasteiger partial charge in [-0.1, -0.05) is 0 Å². The molecular formula is C22H23NO6S. The lowest BCUT2D eigenvalue weighted by Gasteiger charge is -2.07. The van der Waals surface area contributed by atoms with Gasteiger partial charge < -0.3 is 4.74 Å². The van der Waals surface area contributed by atoms with E-state index in [9.17, 15) is 22.8 Å². The second kappa shape index (κ2) is 11.2. The maximum atomic E-state index is 12.5. The van der Waals surface area contributed by atoms with Gasteiger partial charge in [-0.2, -0.15) is 4.99 Å². The van der Waals surface area contributed by atoms with E-state index < -0.39 is 9.84 Å². The molecule has 7 nitrogen and oxygen atoms in total. The molecule has 0 aliphatic carbocycles. The van der Waals surface area contributed by atoms with Crippen molar-refractivity contribution in [2.75, 3.05) is 18.6 Å². The molecule has 0 heterocycles. The van der Waals surface area contributed by atoms with Gasteiger partial charge in [-0.25, -0.2) is 13.2 Å². The van der Waals surface area contributed by atoms with Crippen molar-refractivity contribution in [2.45, 2.75) is 25.7 Å². The third-order valence-corrected chi connectivity index (χ3v) is 5.29. The third-order valence-electron chi connectivity index (χ3n) is 4.26. The van der Waals surface area contributed by atoms with Crippen molar-refractivity contribution >= 4 is 33.2 Å². The summed E-state index contributed by atoms with van der Waals surface area (Å²) >= 11 is 0. The van der Waals surface area contributed by atoms with E-state index in [2.05, 4.69) is 4.99 Å². The van der Waals surface area contributed by atoms with Crippen LogP contribution in [-0.2, 0) is 19.4 Å². The van der Waals surface area contributed by atoms with Gasteiger partial charge in [0.1, 0.15) is 21.4 Å². The highest BCUT2D eigenvalue weighted by atomic mass is 32.2. The van der Waals surface area contributed by atoms with E-state index in [1.165, 1.54) is 6.08 Å². The lowest BCUT2D eigenvalue weighted by atomic mass is 10.0. The highest BCUT2D eigenvalue weighted by Gasteiger charge is 2.10. The van der Waals surface area contributed by atoms with Crippen molar-refractivity contribution in [3.05, 3.63) is 59.7 Å². The largest absolute Gasteiger partial charge is 0.494 e. The van der Waals surface area contributed by atoms with Gasteiger partial charge in [0.05, 0.1) is 18.0 Å². The topological polar surface area (TPSA) is 107 Å². The summed E-state index contributed by atoms with van der Waals surface area (Å²) in [6.45, 7) is 0.351. The van der Waals surface area contributed by atoms with Crippen molar-refractivity contribution in [1.29, 1.82) is 0 Å². The monoisotopic (exact) mass is 429 g/mol. The average molecular weight is 429 g/mol. The van der Waals surface area contributed by atoms with Crippen LogP contribution in [-0.4, -0.2) is 44.7 Å². The maximum absolute atomic E-state index is 12.5. The molecule has 2 aromatic rings. The Morgan fingerprint density at radius 3 is 2.07 bits per heavy atom. The second-order valence-corrected chi connectivity index (χ2v) is 9.09. The number of hydrogen-bond acceptors (Lipinski definition) is 7. The molecule has 8 heteroatoms. The molecule has 0 N–H and O–H groups in total. The van der Waals surface area contributed by atoms with Gasteiger partial charge >= 0.3 is 0 Å². The molecule has 2 rings (SSSR count). The lowest BCUT2D eigenvalue weighted by molar-refractivity contribution is -0.119. The van der Waals surface area contributed by atoms with Crippen LogP contribution in [0.3, 0.4) is 0 Å². The fraction of sp³-hybridized carbons (Fsp3) is 0.318. The van der Waals surface area contributed by atoms with Crippen LogP contribution in [0.2, 0.25) is 0 Å². The van der Waals surface area contributed by atoms with Crippen LogP contribution in [0.25, 0.3) is 0 Å². The molecule has 0 aliphatic heterocycles. The molecule has 0 amide bonds. The number of sulfone groups is 1. The molecule has 0 bridgehead atoms. The van der Waals surface area contributed by atoms with E-state index in [-0.39, 0.29) is 23.7 Å². The second-order valence-electron chi connectivity index (χ2n) is 6.83. The Kier molecular flexibility index (Phi) is 8.65. The standard InChI is InChI=1S/C22H23NO6S/c1-30(27,28)15-3-5-20(25)4-2-14-29-21-12-8-18(9-13-21)22(26)17-6-10-19(11-7-17)23-16-24/h6-13H,2-5,14-15H2,1H3. The summed E-state index contributed by atoms with van der Waals surface area (Å²) in [5.74, 6) is 0.472. The van der Waals surface area contributed by atoms with Gasteiger partial charge in [-0.3, -0.25) is 9.59 Å². The number of isocyanates is 1. The quantitative estimate of drug-likeness (QED) is 0.221. The highest BCUT2D eigenvalue weighted by Crippen LogP contribution is 2.18. The van der Waals surface area contributed by atoms with Gasteiger partial charge in [0.2, 0.25) is 6.08 Å². The normalized spacial score (nSPS) is 10.8. The number of rotatable bonds is 12. The summed E-state index contributed by atoms with van der Waals surface area (Å²) in [5.41, 5.74) is 1.40. The summed E-state index contributed by atoms with van der Waals surface area (Å²) in [6, 6.07) is 13.0. The molecule has 0 radical (unpaired) electrons. The maximum Gasteiger partial charge on any atom is 0.240 e. The lowest BCUT2D eigenvalue weighted by Crippen LogP contribution is -2.07. The molecule has 0 saturated heterocycles. The van der Waals surface area contributed by atoms with Crippen LogP contribution in [0.1, 0.15) is 41.6 Å². The number of aliphatic imine (C=N–C) groups is 1. The minimum Gasteiger partial charge on any atom is -0.494 e. The molecule has 158 valence electrons. The molecule has 0 saturated carbocycles. The molecule has 2 aromatic carbocycles. The first-order valence-corrected chi connectivity index (χ1v) is 11.5. The Balaban J connectivity index is 1.77. The molecule has 0 unspecified atom stereocenters. The third kappa shape index (κ3) is 8.11. The fourth-order valence-corrected chi connectivity index (χ4v) is 3.39. The number of carbonyl (C=O) groups is 2. The minimum absolute atomic E-state index is 0.0213. The number of Topliss-reactive ketones (excluding diaryl/α,β-unsaturated/α-hetero) is 1. The number of hydrogen-bond donors (Lipinski definition) is 0. The predicted molar refractivity (Wildman–Crippen MR) is 113 cm³/mol. The summed E-state index contributed by atoms with van der Waals surface area (Å²) < 4.78 is 27.7.